The number of unbranched alkanes of at least 4 members (excludes halogenated alkanes) is 4. The van der Waals surface area contributed by atoms with Gasteiger partial charge in [-0.2, -0.15) is 0 Å². The Bertz CT molecular complexity index is 541. The normalized spacial score (nSPS) is 22.9. The summed E-state index contributed by atoms with van der Waals surface area (Å²) in [7, 11) is 0. The predicted octanol–water partition coefficient (Wildman–Crippen LogP) is 3.52. The van der Waals surface area contributed by atoms with Gasteiger partial charge in [-0.15, -0.1) is 0 Å². The van der Waals surface area contributed by atoms with E-state index in [9.17, 15) is 24.6 Å². The van der Waals surface area contributed by atoms with Crippen molar-refractivity contribution in [2.45, 2.75) is 96.7 Å². The second-order valence-electron chi connectivity index (χ2n) is 7.98. The average molecular weight is 411 g/mol. The second kappa shape index (κ2) is 14.5. The Labute approximate surface area is 174 Å². The van der Waals surface area contributed by atoms with Gasteiger partial charge >= 0.3 is 5.97 Å². The minimum atomic E-state index is -0.757. The van der Waals surface area contributed by atoms with Crippen molar-refractivity contribution in [3.8, 4) is 0 Å². The van der Waals surface area contributed by atoms with E-state index in [-0.39, 0.29) is 43.2 Å². The van der Waals surface area contributed by atoms with Crippen LogP contribution in [0.3, 0.4) is 0 Å². The minimum Gasteiger partial charge on any atom is -0.460 e. The number of hydrogen-bond acceptors (Lipinski definition) is 6. The predicted molar refractivity (Wildman–Crippen MR) is 111 cm³/mol. The van der Waals surface area contributed by atoms with Gasteiger partial charge in [-0.05, 0) is 32.6 Å². The number of esters is 1. The van der Waals surface area contributed by atoms with Crippen molar-refractivity contribution in [3.05, 3.63) is 12.2 Å². The Morgan fingerprint density at radius 3 is 2.59 bits per heavy atom. The zero-order valence-corrected chi connectivity index (χ0v) is 18.0. The number of hydrogen-bond donors (Lipinski definition) is 2. The largest absolute Gasteiger partial charge is 0.460 e. The maximum atomic E-state index is 12.2. The summed E-state index contributed by atoms with van der Waals surface area (Å²) < 4.78 is 4.68. The molecule has 0 aliphatic heterocycles. The highest BCUT2D eigenvalue weighted by Crippen LogP contribution is 2.34. The molecule has 166 valence electrons. The Kier molecular flexibility index (Phi) is 12.7. The SMILES string of the molecule is CCCCC(O)CC=C[C@H]1[C@H](O)CC(=O)[C@@H]1CCCCCCC(=O)C(=O)OCC. The summed E-state index contributed by atoms with van der Waals surface area (Å²) in [6, 6.07) is 0. The fraction of sp³-hybridized carbons (Fsp3) is 0.783. The molecule has 1 unspecified atom stereocenters. The van der Waals surface area contributed by atoms with E-state index < -0.39 is 17.9 Å². The molecule has 0 aromatic heterocycles. The fourth-order valence-electron chi connectivity index (χ4n) is 3.86. The molecule has 1 rings (SSSR count). The summed E-state index contributed by atoms with van der Waals surface area (Å²) in [5.74, 6) is -1.47. The van der Waals surface area contributed by atoms with E-state index >= 15 is 0 Å². The van der Waals surface area contributed by atoms with Gasteiger partial charge in [-0.25, -0.2) is 4.79 Å². The minimum absolute atomic E-state index is 0.108. The molecule has 1 fully saturated rings. The molecular weight excluding hydrogens is 372 g/mol. The maximum absolute atomic E-state index is 12.2. The van der Waals surface area contributed by atoms with Gasteiger partial charge in [0, 0.05) is 24.7 Å². The van der Waals surface area contributed by atoms with Crippen LogP contribution in [0.4, 0.5) is 0 Å². The van der Waals surface area contributed by atoms with Gasteiger partial charge in [0.1, 0.15) is 5.78 Å². The number of carbonyl (C=O) groups excluding carboxylic acids is 3. The second-order valence-corrected chi connectivity index (χ2v) is 7.98. The van der Waals surface area contributed by atoms with Crippen molar-refractivity contribution in [1.29, 1.82) is 0 Å². The third-order valence-corrected chi connectivity index (χ3v) is 5.56. The summed E-state index contributed by atoms with van der Waals surface area (Å²) in [6.07, 6.45) is 10.5. The Morgan fingerprint density at radius 2 is 1.90 bits per heavy atom. The zero-order valence-electron chi connectivity index (χ0n) is 18.0. The third-order valence-electron chi connectivity index (χ3n) is 5.56. The lowest BCUT2D eigenvalue weighted by Crippen LogP contribution is -2.19. The fourth-order valence-corrected chi connectivity index (χ4v) is 3.86. The molecule has 6 nitrogen and oxygen atoms in total. The van der Waals surface area contributed by atoms with Crippen molar-refractivity contribution in [3.63, 3.8) is 0 Å². The first-order chi connectivity index (χ1) is 13.9. The Morgan fingerprint density at radius 1 is 1.17 bits per heavy atom. The van der Waals surface area contributed by atoms with Crippen LogP contribution in [0.15, 0.2) is 12.2 Å². The number of ketones is 2. The molecular formula is C23H38O6. The lowest BCUT2D eigenvalue weighted by atomic mass is 9.88. The molecule has 0 amide bonds. The zero-order chi connectivity index (χ0) is 21.6. The molecule has 2 N–H and O–H groups in total. The van der Waals surface area contributed by atoms with E-state index in [1.54, 1.807) is 6.92 Å². The average Bonchev–Trinajstić information content (AvgIpc) is 2.95. The molecule has 1 aliphatic rings. The molecule has 0 heterocycles. The van der Waals surface area contributed by atoms with E-state index in [0.717, 1.165) is 44.9 Å². The van der Waals surface area contributed by atoms with Gasteiger partial charge in [0.05, 0.1) is 18.8 Å². The summed E-state index contributed by atoms with van der Waals surface area (Å²) in [5.41, 5.74) is 0. The quantitative estimate of drug-likeness (QED) is 0.185. The van der Waals surface area contributed by atoms with E-state index in [1.807, 2.05) is 12.2 Å². The summed E-state index contributed by atoms with van der Waals surface area (Å²) >= 11 is 0. The number of Topliss-reactive ketones (excluding diaryl/α,β-unsaturated/α-hetero) is 2. The highest BCUT2D eigenvalue weighted by atomic mass is 16.5. The van der Waals surface area contributed by atoms with Gasteiger partial charge in [0.25, 0.3) is 0 Å². The van der Waals surface area contributed by atoms with Crippen molar-refractivity contribution in [1.82, 2.24) is 0 Å². The molecule has 0 spiro atoms. The number of ether oxygens (including phenoxy) is 1. The van der Waals surface area contributed by atoms with Crippen LogP contribution < -0.4 is 0 Å². The lowest BCUT2D eigenvalue weighted by Gasteiger charge is -2.17. The molecule has 0 bridgehead atoms. The first-order valence-electron chi connectivity index (χ1n) is 11.2. The smallest absolute Gasteiger partial charge is 0.374 e. The van der Waals surface area contributed by atoms with E-state index in [2.05, 4.69) is 11.7 Å². The third kappa shape index (κ3) is 9.68. The highest BCUT2D eigenvalue weighted by Gasteiger charge is 2.39. The molecule has 0 aromatic rings. The lowest BCUT2D eigenvalue weighted by molar-refractivity contribution is -0.153. The van der Waals surface area contributed by atoms with E-state index in [4.69, 9.17) is 0 Å². The van der Waals surface area contributed by atoms with Crippen LogP contribution >= 0.6 is 0 Å². The molecule has 29 heavy (non-hydrogen) atoms. The van der Waals surface area contributed by atoms with Crippen molar-refractivity contribution >= 4 is 17.5 Å². The molecule has 4 atom stereocenters. The van der Waals surface area contributed by atoms with Crippen LogP contribution in [-0.2, 0) is 19.1 Å². The van der Waals surface area contributed by atoms with Crippen molar-refractivity contribution in [2.75, 3.05) is 6.61 Å². The van der Waals surface area contributed by atoms with E-state index in [1.165, 1.54) is 0 Å². The first kappa shape index (κ1) is 25.5. The van der Waals surface area contributed by atoms with Crippen LogP contribution in [-0.4, -0.2) is 46.6 Å². The number of carbonyl (C=O) groups is 3. The van der Waals surface area contributed by atoms with Gasteiger partial charge < -0.3 is 14.9 Å². The Balaban J connectivity index is 2.32. The molecule has 1 saturated carbocycles. The monoisotopic (exact) mass is 410 g/mol. The standard InChI is InChI=1S/C23H38O6/c1-3-5-11-17(24)12-10-14-19-18(21(26)16-22(19)27)13-8-6-7-9-15-20(25)23(28)29-4-2/h10,14,17-19,22,24,27H,3-9,11-13,15-16H2,1-2H3/t17?,18-,19-,22-/m1/s1. The maximum Gasteiger partial charge on any atom is 0.374 e. The van der Waals surface area contributed by atoms with Gasteiger partial charge in [0.2, 0.25) is 5.78 Å². The van der Waals surface area contributed by atoms with Gasteiger partial charge in [-0.1, -0.05) is 51.2 Å². The van der Waals surface area contributed by atoms with E-state index in [0.29, 0.717) is 12.8 Å². The molecule has 0 aromatic carbocycles. The molecule has 0 radical (unpaired) electrons. The van der Waals surface area contributed by atoms with Crippen molar-refractivity contribution < 1.29 is 29.3 Å². The van der Waals surface area contributed by atoms with Crippen molar-refractivity contribution in [2.24, 2.45) is 11.8 Å². The van der Waals surface area contributed by atoms with Crippen LogP contribution in [0.5, 0.6) is 0 Å². The first-order valence-corrected chi connectivity index (χ1v) is 11.2. The van der Waals surface area contributed by atoms with Crippen LogP contribution in [0.1, 0.15) is 84.5 Å². The highest BCUT2D eigenvalue weighted by molar-refractivity contribution is 6.33. The van der Waals surface area contributed by atoms with Crippen LogP contribution in [0.25, 0.3) is 0 Å². The molecule has 6 heteroatoms. The van der Waals surface area contributed by atoms with Crippen LogP contribution in [0.2, 0.25) is 0 Å². The number of rotatable bonds is 15. The number of aliphatic hydroxyl groups excluding tert-OH is 2. The van der Waals surface area contributed by atoms with Crippen LogP contribution in [0, 0.1) is 11.8 Å². The summed E-state index contributed by atoms with van der Waals surface area (Å²) in [6.45, 7) is 3.97. The Hall–Kier alpha value is -1.53. The summed E-state index contributed by atoms with van der Waals surface area (Å²) in [5, 5.41) is 20.1. The molecule has 1 aliphatic carbocycles. The number of aliphatic hydroxyl groups is 2. The van der Waals surface area contributed by atoms with Gasteiger partial charge in [-0.3, -0.25) is 9.59 Å². The summed E-state index contributed by atoms with van der Waals surface area (Å²) in [4.78, 5) is 35.0. The topological polar surface area (TPSA) is 101 Å². The molecule has 0 saturated heterocycles. The van der Waals surface area contributed by atoms with Gasteiger partial charge in [0.15, 0.2) is 0 Å².